The van der Waals surface area contributed by atoms with Crippen molar-refractivity contribution in [2.24, 2.45) is 0 Å². The zero-order valence-electron chi connectivity index (χ0n) is 6.97. The molecule has 0 aromatic heterocycles. The van der Waals surface area contributed by atoms with Crippen LogP contribution in [0.15, 0.2) is 24.3 Å². The molecule has 0 unspecified atom stereocenters. The summed E-state index contributed by atoms with van der Waals surface area (Å²) in [5, 5.41) is 10.3. The third-order valence-corrected chi connectivity index (χ3v) is 1.71. The molecule has 1 aromatic rings. The Balaban J connectivity index is 2.64. The minimum absolute atomic E-state index is 0.00171. The number of nitro benzene ring substituents is 1. The Kier molecular flexibility index (Phi) is 3.81. The van der Waals surface area contributed by atoms with Gasteiger partial charge in [-0.1, -0.05) is 0 Å². The minimum Gasteiger partial charge on any atom is -0.485 e. The van der Waals surface area contributed by atoms with Gasteiger partial charge in [0, 0.05) is 34.7 Å². The number of rotatable bonds is 4. The molecule has 0 N–H and O–H groups in total. The van der Waals surface area contributed by atoms with Gasteiger partial charge in [0.25, 0.3) is 5.69 Å². The molecule has 0 spiro atoms. The number of benzene rings is 1. The number of nitrogens with zero attached hydrogens (tertiary/aromatic N) is 1. The molecule has 1 aromatic carbocycles. The maximum atomic E-state index is 10.5. The summed E-state index contributed by atoms with van der Waals surface area (Å²) in [5.41, 5.74) is -0.00171. The summed E-state index contributed by atoms with van der Waals surface area (Å²) in [6.45, 7) is -0.0294. The SMILES string of the molecule is O=C(I)COc1ccc([N+](=O)[O-])cc1. The fraction of sp³-hybridized carbons (Fsp3) is 0.125. The smallest absolute Gasteiger partial charge is 0.269 e. The van der Waals surface area contributed by atoms with E-state index in [0.29, 0.717) is 5.75 Å². The average Bonchev–Trinajstić information content (AvgIpc) is 2.15. The standard InChI is InChI=1S/C8H6INO4/c9-8(11)5-14-7-3-1-6(2-4-7)10(12)13/h1-4H,5H2. The predicted molar refractivity (Wildman–Crippen MR) is 57.6 cm³/mol. The van der Waals surface area contributed by atoms with Gasteiger partial charge in [-0.15, -0.1) is 0 Å². The first kappa shape index (κ1) is 10.9. The normalized spacial score (nSPS) is 9.50. The first-order chi connectivity index (χ1) is 6.59. The van der Waals surface area contributed by atoms with E-state index in [1.807, 2.05) is 0 Å². The lowest BCUT2D eigenvalue weighted by molar-refractivity contribution is -0.384. The molecular weight excluding hydrogens is 301 g/mol. The molecule has 0 amide bonds. The molecule has 6 heteroatoms. The number of ether oxygens (including phenoxy) is 1. The summed E-state index contributed by atoms with van der Waals surface area (Å²) in [7, 11) is 0. The topological polar surface area (TPSA) is 69.4 Å². The maximum absolute atomic E-state index is 10.5. The number of hydrogen-bond acceptors (Lipinski definition) is 4. The molecule has 0 aliphatic heterocycles. The van der Waals surface area contributed by atoms with Gasteiger partial charge in [0.15, 0.2) is 6.61 Å². The molecule has 14 heavy (non-hydrogen) atoms. The summed E-state index contributed by atoms with van der Waals surface area (Å²) in [4.78, 5) is 20.3. The van der Waals surface area contributed by atoms with Crippen LogP contribution in [0, 0.1) is 10.1 Å². The van der Waals surface area contributed by atoms with Crippen LogP contribution in [0.4, 0.5) is 5.69 Å². The molecule has 0 bridgehead atoms. The Hall–Kier alpha value is -1.18. The molecular formula is C8H6INO4. The van der Waals surface area contributed by atoms with E-state index in [4.69, 9.17) is 4.74 Å². The Labute approximate surface area is 93.4 Å². The van der Waals surface area contributed by atoms with Crippen LogP contribution in [0.1, 0.15) is 0 Å². The molecule has 0 aliphatic carbocycles. The number of nitro groups is 1. The van der Waals surface area contributed by atoms with Gasteiger partial charge in [0.1, 0.15) is 5.75 Å². The van der Waals surface area contributed by atoms with E-state index in [2.05, 4.69) is 0 Å². The van der Waals surface area contributed by atoms with Crippen molar-refractivity contribution in [1.29, 1.82) is 0 Å². The van der Waals surface area contributed by atoms with Crippen molar-refractivity contribution in [2.45, 2.75) is 0 Å². The van der Waals surface area contributed by atoms with Crippen LogP contribution >= 0.6 is 22.6 Å². The number of non-ortho nitro benzene ring substituents is 1. The Morgan fingerprint density at radius 1 is 1.43 bits per heavy atom. The van der Waals surface area contributed by atoms with Crippen molar-refractivity contribution < 1.29 is 14.5 Å². The summed E-state index contributed by atoms with van der Waals surface area (Å²) in [5.74, 6) is 0.445. The highest BCUT2D eigenvalue weighted by Gasteiger charge is 2.04. The summed E-state index contributed by atoms with van der Waals surface area (Å²) in [6, 6.07) is 5.56. The molecule has 0 fully saturated rings. The molecule has 0 radical (unpaired) electrons. The molecule has 0 saturated carbocycles. The van der Waals surface area contributed by atoms with Crippen LogP contribution in [0.5, 0.6) is 5.75 Å². The lowest BCUT2D eigenvalue weighted by atomic mass is 10.3. The molecule has 0 heterocycles. The predicted octanol–water partition coefficient (Wildman–Crippen LogP) is 1.94. The zero-order valence-corrected chi connectivity index (χ0v) is 9.13. The minimum atomic E-state index is -0.493. The highest BCUT2D eigenvalue weighted by molar-refractivity contribution is 14.1. The van der Waals surface area contributed by atoms with Gasteiger partial charge in [0.05, 0.1) is 4.92 Å². The van der Waals surface area contributed by atoms with Gasteiger partial charge < -0.3 is 4.74 Å². The molecule has 0 saturated heterocycles. The molecule has 1 rings (SSSR count). The van der Waals surface area contributed by atoms with Crippen LogP contribution in [-0.4, -0.2) is 15.3 Å². The first-order valence-corrected chi connectivity index (χ1v) is 4.73. The summed E-state index contributed by atoms with van der Waals surface area (Å²) in [6.07, 6.45) is 0. The fourth-order valence-electron chi connectivity index (χ4n) is 0.804. The van der Waals surface area contributed by atoms with Gasteiger partial charge in [-0.25, -0.2) is 0 Å². The molecule has 5 nitrogen and oxygen atoms in total. The van der Waals surface area contributed by atoms with Crippen molar-refractivity contribution in [3.63, 3.8) is 0 Å². The quantitative estimate of drug-likeness (QED) is 0.369. The van der Waals surface area contributed by atoms with Crippen LogP contribution in [-0.2, 0) is 4.79 Å². The summed E-state index contributed by atoms with van der Waals surface area (Å²) < 4.78 is 4.90. The van der Waals surface area contributed by atoms with Crippen molar-refractivity contribution in [3.05, 3.63) is 34.4 Å². The monoisotopic (exact) mass is 307 g/mol. The van der Waals surface area contributed by atoms with Crippen LogP contribution in [0.25, 0.3) is 0 Å². The lowest BCUT2D eigenvalue weighted by Crippen LogP contribution is -2.03. The van der Waals surface area contributed by atoms with Crippen LogP contribution in [0.2, 0.25) is 0 Å². The van der Waals surface area contributed by atoms with Gasteiger partial charge in [-0.05, 0) is 12.1 Å². The van der Waals surface area contributed by atoms with E-state index in [1.165, 1.54) is 24.3 Å². The highest BCUT2D eigenvalue weighted by atomic mass is 127. The van der Waals surface area contributed by atoms with Crippen LogP contribution in [0.3, 0.4) is 0 Å². The second-order valence-corrected chi connectivity index (χ2v) is 3.60. The van der Waals surface area contributed by atoms with E-state index in [0.717, 1.165) is 0 Å². The molecule has 74 valence electrons. The second-order valence-electron chi connectivity index (χ2n) is 2.39. The van der Waals surface area contributed by atoms with Crippen molar-refractivity contribution >= 4 is 32.1 Å². The third kappa shape index (κ3) is 3.29. The second kappa shape index (κ2) is 4.89. The van der Waals surface area contributed by atoms with Crippen LogP contribution < -0.4 is 4.74 Å². The Morgan fingerprint density at radius 2 is 2.00 bits per heavy atom. The largest absolute Gasteiger partial charge is 0.485 e. The Morgan fingerprint density at radius 3 is 2.43 bits per heavy atom. The van der Waals surface area contributed by atoms with E-state index < -0.39 is 4.92 Å². The zero-order chi connectivity index (χ0) is 10.6. The van der Waals surface area contributed by atoms with Crippen molar-refractivity contribution in [3.8, 4) is 5.75 Å². The number of carbonyl (C=O) groups excluding carboxylic acids is 1. The van der Waals surface area contributed by atoms with Gasteiger partial charge in [-0.3, -0.25) is 14.9 Å². The third-order valence-electron chi connectivity index (χ3n) is 1.40. The lowest BCUT2D eigenvalue weighted by Gasteiger charge is -2.01. The van der Waals surface area contributed by atoms with Gasteiger partial charge in [-0.2, -0.15) is 0 Å². The highest BCUT2D eigenvalue weighted by Crippen LogP contribution is 2.17. The average molecular weight is 307 g/mol. The molecule has 0 atom stereocenters. The van der Waals surface area contributed by atoms with E-state index >= 15 is 0 Å². The van der Waals surface area contributed by atoms with Gasteiger partial charge in [0.2, 0.25) is 3.79 Å². The number of hydrogen-bond donors (Lipinski definition) is 0. The van der Waals surface area contributed by atoms with Crippen molar-refractivity contribution in [1.82, 2.24) is 0 Å². The summed E-state index contributed by atoms with van der Waals surface area (Å²) >= 11 is 1.61. The number of halogens is 1. The fourth-order valence-corrected chi connectivity index (χ4v) is 0.960. The first-order valence-electron chi connectivity index (χ1n) is 3.65. The van der Waals surface area contributed by atoms with E-state index in [-0.39, 0.29) is 16.1 Å². The maximum Gasteiger partial charge on any atom is 0.269 e. The molecule has 0 aliphatic rings. The van der Waals surface area contributed by atoms with Crippen molar-refractivity contribution in [2.75, 3.05) is 6.61 Å². The van der Waals surface area contributed by atoms with E-state index in [9.17, 15) is 14.9 Å². The number of carbonyl (C=O) groups is 1. The Bertz CT molecular complexity index is 349. The van der Waals surface area contributed by atoms with E-state index in [1.54, 1.807) is 22.6 Å². The van der Waals surface area contributed by atoms with Gasteiger partial charge >= 0.3 is 0 Å².